The molecule has 2 atom stereocenters. The largest absolute Gasteiger partial charge is 0.329 e. The number of likely N-dealkylation sites (tertiary alicyclic amines) is 1. The van der Waals surface area contributed by atoms with E-state index in [1.54, 1.807) is 0 Å². The Labute approximate surface area is 108 Å². The van der Waals surface area contributed by atoms with Crippen LogP contribution in [0.25, 0.3) is 0 Å². The van der Waals surface area contributed by atoms with E-state index in [9.17, 15) is 0 Å². The first kappa shape index (κ1) is 15.0. The van der Waals surface area contributed by atoms with E-state index in [2.05, 4.69) is 25.7 Å². The lowest BCUT2D eigenvalue weighted by Gasteiger charge is -2.40. The summed E-state index contributed by atoms with van der Waals surface area (Å²) in [5.74, 6) is 0.901. The number of hydrogen-bond acceptors (Lipinski definition) is 2. The molecule has 0 aromatic carbocycles. The third-order valence-electron chi connectivity index (χ3n) is 4.54. The number of unbranched alkanes of at least 4 members (excludes halogenated alkanes) is 2. The third-order valence-corrected chi connectivity index (χ3v) is 4.54. The molecule has 102 valence electrons. The van der Waals surface area contributed by atoms with Crippen LogP contribution in [-0.2, 0) is 0 Å². The number of hydrogen-bond donors (Lipinski definition) is 1. The van der Waals surface area contributed by atoms with Crippen LogP contribution < -0.4 is 5.73 Å². The van der Waals surface area contributed by atoms with E-state index in [0.29, 0.717) is 0 Å². The average molecular weight is 240 g/mol. The van der Waals surface area contributed by atoms with Gasteiger partial charge in [-0.15, -0.1) is 0 Å². The minimum Gasteiger partial charge on any atom is -0.329 e. The van der Waals surface area contributed by atoms with Crippen molar-refractivity contribution in [2.75, 3.05) is 19.6 Å². The molecule has 17 heavy (non-hydrogen) atoms. The second kappa shape index (κ2) is 7.38. The Balaban J connectivity index is 2.51. The van der Waals surface area contributed by atoms with Crippen molar-refractivity contribution < 1.29 is 0 Å². The monoisotopic (exact) mass is 240 g/mol. The lowest BCUT2D eigenvalue weighted by molar-refractivity contribution is 0.102. The summed E-state index contributed by atoms with van der Waals surface area (Å²) in [6.07, 6.45) is 9.35. The molecule has 1 fully saturated rings. The predicted octanol–water partition coefficient (Wildman–Crippen LogP) is 3.41. The summed E-state index contributed by atoms with van der Waals surface area (Å²) in [6.45, 7) is 10.3. The predicted molar refractivity (Wildman–Crippen MR) is 76.2 cm³/mol. The molecule has 0 saturated carbocycles. The van der Waals surface area contributed by atoms with Gasteiger partial charge in [0.25, 0.3) is 0 Å². The second-order valence-electron chi connectivity index (χ2n) is 6.18. The number of nitrogens with zero attached hydrogens (tertiary/aromatic N) is 1. The molecule has 1 aliphatic rings. The Hall–Kier alpha value is -0.0800. The van der Waals surface area contributed by atoms with Gasteiger partial charge in [-0.05, 0) is 51.6 Å². The Morgan fingerprint density at radius 1 is 1.24 bits per heavy atom. The van der Waals surface area contributed by atoms with E-state index in [1.807, 2.05) is 0 Å². The highest BCUT2D eigenvalue weighted by molar-refractivity contribution is 4.88. The Morgan fingerprint density at radius 2 is 2.00 bits per heavy atom. The van der Waals surface area contributed by atoms with Gasteiger partial charge in [0.15, 0.2) is 0 Å². The zero-order chi connectivity index (χ0) is 12.7. The summed E-state index contributed by atoms with van der Waals surface area (Å²) in [4.78, 5) is 2.67. The van der Waals surface area contributed by atoms with Crippen molar-refractivity contribution in [1.82, 2.24) is 4.90 Å². The summed E-state index contributed by atoms with van der Waals surface area (Å²) in [5, 5.41) is 0. The molecule has 0 aliphatic carbocycles. The molecule has 2 N–H and O–H groups in total. The summed E-state index contributed by atoms with van der Waals surface area (Å²) in [5.41, 5.74) is 6.31. The van der Waals surface area contributed by atoms with E-state index >= 15 is 0 Å². The summed E-state index contributed by atoms with van der Waals surface area (Å²) >= 11 is 0. The molecule has 2 heteroatoms. The van der Waals surface area contributed by atoms with Gasteiger partial charge in [-0.25, -0.2) is 0 Å². The van der Waals surface area contributed by atoms with Gasteiger partial charge in [0, 0.05) is 12.1 Å². The quantitative estimate of drug-likeness (QED) is 0.721. The van der Waals surface area contributed by atoms with Crippen molar-refractivity contribution in [2.45, 2.75) is 71.3 Å². The Morgan fingerprint density at radius 3 is 2.65 bits per heavy atom. The van der Waals surface area contributed by atoms with Crippen LogP contribution in [0.1, 0.15) is 65.7 Å². The first-order valence-corrected chi connectivity index (χ1v) is 7.57. The maximum Gasteiger partial charge on any atom is 0.0303 e. The summed E-state index contributed by atoms with van der Waals surface area (Å²) in [7, 11) is 0. The minimum atomic E-state index is 0.249. The molecule has 0 aromatic heterocycles. The van der Waals surface area contributed by atoms with Gasteiger partial charge >= 0.3 is 0 Å². The first-order chi connectivity index (χ1) is 8.12. The van der Waals surface area contributed by atoms with Gasteiger partial charge < -0.3 is 5.73 Å². The fraction of sp³-hybridized carbons (Fsp3) is 1.00. The SMILES string of the molecule is CCCCCC(C)(CN)N1CCCC(C)CC1. The van der Waals surface area contributed by atoms with E-state index in [-0.39, 0.29) is 5.54 Å². The maximum absolute atomic E-state index is 6.06. The van der Waals surface area contributed by atoms with E-state index < -0.39 is 0 Å². The fourth-order valence-electron chi connectivity index (χ4n) is 2.95. The molecule has 0 radical (unpaired) electrons. The molecule has 1 aliphatic heterocycles. The highest BCUT2D eigenvalue weighted by Gasteiger charge is 2.30. The van der Waals surface area contributed by atoms with Crippen LogP contribution in [0.15, 0.2) is 0 Å². The van der Waals surface area contributed by atoms with Crippen molar-refractivity contribution >= 4 is 0 Å². The lowest BCUT2D eigenvalue weighted by atomic mass is 9.92. The normalized spacial score (nSPS) is 26.5. The molecule has 0 amide bonds. The van der Waals surface area contributed by atoms with Gasteiger partial charge in [-0.1, -0.05) is 33.1 Å². The molecule has 2 unspecified atom stereocenters. The van der Waals surface area contributed by atoms with Crippen molar-refractivity contribution in [3.05, 3.63) is 0 Å². The summed E-state index contributed by atoms with van der Waals surface area (Å²) < 4.78 is 0. The van der Waals surface area contributed by atoms with Crippen LogP contribution in [-0.4, -0.2) is 30.1 Å². The second-order valence-corrected chi connectivity index (χ2v) is 6.18. The highest BCUT2D eigenvalue weighted by atomic mass is 15.2. The minimum absolute atomic E-state index is 0.249. The molecule has 1 heterocycles. The number of nitrogens with two attached hydrogens (primary N) is 1. The van der Waals surface area contributed by atoms with Crippen molar-refractivity contribution in [3.63, 3.8) is 0 Å². The van der Waals surface area contributed by atoms with Gasteiger partial charge in [0.1, 0.15) is 0 Å². The van der Waals surface area contributed by atoms with Crippen LogP contribution in [0.5, 0.6) is 0 Å². The van der Waals surface area contributed by atoms with Gasteiger partial charge in [0.05, 0.1) is 0 Å². The van der Waals surface area contributed by atoms with Crippen molar-refractivity contribution in [3.8, 4) is 0 Å². The van der Waals surface area contributed by atoms with Gasteiger partial charge in [0.2, 0.25) is 0 Å². The molecule has 0 aromatic rings. The van der Waals surface area contributed by atoms with Crippen LogP contribution >= 0.6 is 0 Å². The lowest BCUT2D eigenvalue weighted by Crippen LogP contribution is -2.52. The zero-order valence-corrected chi connectivity index (χ0v) is 12.2. The smallest absolute Gasteiger partial charge is 0.0303 e. The fourth-order valence-corrected chi connectivity index (χ4v) is 2.95. The van der Waals surface area contributed by atoms with E-state index in [0.717, 1.165) is 12.5 Å². The Bertz CT molecular complexity index is 205. The van der Waals surface area contributed by atoms with E-state index in [1.165, 1.54) is 58.0 Å². The van der Waals surface area contributed by atoms with Crippen LogP contribution in [0.2, 0.25) is 0 Å². The number of rotatable bonds is 6. The molecule has 0 spiro atoms. The zero-order valence-electron chi connectivity index (χ0n) is 12.2. The molecule has 1 saturated heterocycles. The molecular weight excluding hydrogens is 208 g/mol. The van der Waals surface area contributed by atoms with Gasteiger partial charge in [-0.3, -0.25) is 4.90 Å². The Kier molecular flexibility index (Phi) is 6.50. The standard InChI is InChI=1S/C15H32N2/c1-4-5-6-10-15(3,13-16)17-11-7-8-14(2)9-12-17/h14H,4-13,16H2,1-3H3. The topological polar surface area (TPSA) is 29.3 Å². The van der Waals surface area contributed by atoms with Crippen LogP contribution in [0.3, 0.4) is 0 Å². The van der Waals surface area contributed by atoms with Crippen LogP contribution in [0.4, 0.5) is 0 Å². The molecule has 2 nitrogen and oxygen atoms in total. The third kappa shape index (κ3) is 4.59. The van der Waals surface area contributed by atoms with E-state index in [4.69, 9.17) is 5.73 Å². The first-order valence-electron chi connectivity index (χ1n) is 7.57. The molecular formula is C15H32N2. The maximum atomic E-state index is 6.06. The van der Waals surface area contributed by atoms with Crippen LogP contribution in [0, 0.1) is 5.92 Å². The molecule has 0 bridgehead atoms. The highest BCUT2D eigenvalue weighted by Crippen LogP contribution is 2.26. The van der Waals surface area contributed by atoms with Gasteiger partial charge in [-0.2, -0.15) is 0 Å². The molecule has 1 rings (SSSR count). The average Bonchev–Trinajstić information content (AvgIpc) is 2.54. The summed E-state index contributed by atoms with van der Waals surface area (Å²) in [6, 6.07) is 0. The van der Waals surface area contributed by atoms with Crippen molar-refractivity contribution in [2.24, 2.45) is 11.7 Å². The van der Waals surface area contributed by atoms with Crippen molar-refractivity contribution in [1.29, 1.82) is 0 Å².